The van der Waals surface area contributed by atoms with Crippen molar-refractivity contribution in [2.75, 3.05) is 12.4 Å². The zero-order valence-electron chi connectivity index (χ0n) is 12.4. The Morgan fingerprint density at radius 3 is 2.25 bits per heavy atom. The van der Waals surface area contributed by atoms with E-state index in [9.17, 15) is 10.1 Å². The molecule has 0 spiro atoms. The third kappa shape index (κ3) is 4.42. The van der Waals surface area contributed by atoms with Gasteiger partial charge in [-0.1, -0.05) is 34.8 Å². The van der Waals surface area contributed by atoms with Crippen LogP contribution in [0, 0.1) is 11.3 Å². The van der Waals surface area contributed by atoms with E-state index < -0.39 is 5.91 Å². The van der Waals surface area contributed by atoms with Gasteiger partial charge in [0.25, 0.3) is 5.91 Å². The Hall–Kier alpha value is -2.19. The minimum Gasteiger partial charge on any atom is -0.494 e. The van der Waals surface area contributed by atoms with Crippen LogP contribution in [-0.2, 0) is 4.79 Å². The lowest BCUT2D eigenvalue weighted by Crippen LogP contribution is -2.13. The molecule has 0 aromatic heterocycles. The van der Waals surface area contributed by atoms with E-state index in [1.807, 2.05) is 6.07 Å². The fourth-order valence-electron chi connectivity index (χ4n) is 1.90. The van der Waals surface area contributed by atoms with Gasteiger partial charge in [-0.3, -0.25) is 4.79 Å². The topological polar surface area (TPSA) is 62.1 Å². The van der Waals surface area contributed by atoms with Crippen molar-refractivity contribution in [2.45, 2.75) is 0 Å². The number of hydrogen-bond acceptors (Lipinski definition) is 3. The maximum absolute atomic E-state index is 12.2. The van der Waals surface area contributed by atoms with Crippen molar-refractivity contribution in [3.63, 3.8) is 0 Å². The van der Waals surface area contributed by atoms with Gasteiger partial charge in [0, 0.05) is 10.7 Å². The normalized spacial score (nSPS) is 10.9. The number of benzene rings is 2. The Morgan fingerprint density at radius 1 is 1.17 bits per heavy atom. The standard InChI is InChI=1S/C17H11Cl3N2O2/c1-24-16-14(19)7-10(8-15(16)20)6-11(9-21)17(23)22-13-4-2-12(18)3-5-13/h2-8H,1H3,(H,22,23)/b11-6+. The third-order valence-electron chi connectivity index (χ3n) is 3.00. The van der Waals surface area contributed by atoms with E-state index in [0.29, 0.717) is 22.0 Å². The number of nitriles is 1. The van der Waals surface area contributed by atoms with Gasteiger partial charge in [-0.15, -0.1) is 0 Å². The maximum atomic E-state index is 12.2. The van der Waals surface area contributed by atoms with Crippen molar-refractivity contribution in [1.82, 2.24) is 0 Å². The van der Waals surface area contributed by atoms with Crippen molar-refractivity contribution in [2.24, 2.45) is 0 Å². The molecule has 122 valence electrons. The number of rotatable bonds is 4. The third-order valence-corrected chi connectivity index (χ3v) is 3.82. The van der Waals surface area contributed by atoms with Gasteiger partial charge in [0.1, 0.15) is 11.6 Å². The Morgan fingerprint density at radius 2 is 1.75 bits per heavy atom. The molecule has 0 bridgehead atoms. The van der Waals surface area contributed by atoms with Crippen LogP contribution in [0.4, 0.5) is 5.69 Å². The second-order valence-corrected chi connectivity index (χ2v) is 5.90. The van der Waals surface area contributed by atoms with Crippen LogP contribution in [0.3, 0.4) is 0 Å². The molecule has 2 aromatic rings. The summed E-state index contributed by atoms with van der Waals surface area (Å²) in [4.78, 5) is 12.2. The van der Waals surface area contributed by atoms with Crippen LogP contribution in [0.1, 0.15) is 5.56 Å². The molecule has 1 amide bonds. The Labute approximate surface area is 154 Å². The number of carbonyl (C=O) groups is 1. The van der Waals surface area contributed by atoms with E-state index in [1.54, 1.807) is 36.4 Å². The number of amides is 1. The molecule has 0 aliphatic carbocycles. The van der Waals surface area contributed by atoms with Gasteiger partial charge in [-0.2, -0.15) is 5.26 Å². The SMILES string of the molecule is COc1c(Cl)cc(/C=C(\C#N)C(=O)Nc2ccc(Cl)cc2)cc1Cl. The van der Waals surface area contributed by atoms with Crippen LogP contribution in [0.2, 0.25) is 15.1 Å². The van der Waals surface area contributed by atoms with Gasteiger partial charge in [0.15, 0.2) is 5.75 Å². The summed E-state index contributed by atoms with van der Waals surface area (Å²) in [5.41, 5.74) is 0.937. The highest BCUT2D eigenvalue weighted by atomic mass is 35.5. The first kappa shape index (κ1) is 18.2. The van der Waals surface area contributed by atoms with Crippen molar-refractivity contribution in [1.29, 1.82) is 5.26 Å². The number of anilines is 1. The van der Waals surface area contributed by atoms with Gasteiger partial charge in [0.2, 0.25) is 0 Å². The molecule has 0 saturated heterocycles. The molecule has 4 nitrogen and oxygen atoms in total. The molecule has 0 aliphatic rings. The van der Waals surface area contributed by atoms with Crippen molar-refractivity contribution in [3.8, 4) is 11.8 Å². The molecule has 0 atom stereocenters. The second kappa shape index (κ2) is 8.07. The molecule has 0 aliphatic heterocycles. The van der Waals surface area contributed by atoms with Crippen molar-refractivity contribution in [3.05, 3.63) is 62.6 Å². The number of halogens is 3. The summed E-state index contributed by atoms with van der Waals surface area (Å²) >= 11 is 17.9. The number of ether oxygens (including phenoxy) is 1. The first-order valence-corrected chi connectivity index (χ1v) is 7.79. The van der Waals surface area contributed by atoms with Crippen LogP contribution < -0.4 is 10.1 Å². The molecule has 0 fully saturated rings. The van der Waals surface area contributed by atoms with E-state index in [0.717, 1.165) is 0 Å². The minimum atomic E-state index is -0.553. The summed E-state index contributed by atoms with van der Waals surface area (Å²) in [7, 11) is 1.45. The van der Waals surface area contributed by atoms with Crippen LogP contribution >= 0.6 is 34.8 Å². The van der Waals surface area contributed by atoms with E-state index in [2.05, 4.69) is 5.32 Å². The number of carbonyl (C=O) groups excluding carboxylic acids is 1. The minimum absolute atomic E-state index is 0.0951. The molecular formula is C17H11Cl3N2O2. The van der Waals surface area contributed by atoms with Gasteiger partial charge < -0.3 is 10.1 Å². The molecule has 0 heterocycles. The number of methoxy groups -OCH3 is 1. The lowest BCUT2D eigenvalue weighted by Gasteiger charge is -2.07. The first-order chi connectivity index (χ1) is 11.4. The molecule has 1 N–H and O–H groups in total. The molecule has 0 radical (unpaired) electrons. The number of nitrogens with one attached hydrogen (secondary N) is 1. The fraction of sp³-hybridized carbons (Fsp3) is 0.0588. The second-order valence-electron chi connectivity index (χ2n) is 4.65. The average molecular weight is 382 g/mol. The quantitative estimate of drug-likeness (QED) is 0.585. The van der Waals surface area contributed by atoms with Crippen molar-refractivity contribution >= 4 is 52.5 Å². The fourth-order valence-corrected chi connectivity index (χ4v) is 2.69. The monoisotopic (exact) mass is 380 g/mol. The highest BCUT2D eigenvalue weighted by Gasteiger charge is 2.12. The highest BCUT2D eigenvalue weighted by molar-refractivity contribution is 6.37. The molecule has 0 saturated carbocycles. The van der Waals surface area contributed by atoms with Crippen LogP contribution in [-0.4, -0.2) is 13.0 Å². The van der Waals surface area contributed by atoms with Crippen molar-refractivity contribution < 1.29 is 9.53 Å². The summed E-state index contributed by atoms with van der Waals surface area (Å²) in [6.07, 6.45) is 1.39. The Balaban J connectivity index is 2.27. The summed E-state index contributed by atoms with van der Waals surface area (Å²) in [6.45, 7) is 0. The van der Waals surface area contributed by atoms with E-state index in [4.69, 9.17) is 39.5 Å². The van der Waals surface area contributed by atoms with Gasteiger partial charge in [-0.25, -0.2) is 0 Å². The van der Waals surface area contributed by atoms with Crippen LogP contribution in [0.5, 0.6) is 5.75 Å². The average Bonchev–Trinajstić information content (AvgIpc) is 2.54. The first-order valence-electron chi connectivity index (χ1n) is 6.66. The largest absolute Gasteiger partial charge is 0.494 e. The molecule has 24 heavy (non-hydrogen) atoms. The van der Waals surface area contributed by atoms with Crippen LogP contribution in [0.15, 0.2) is 42.0 Å². The molecule has 0 unspecified atom stereocenters. The lowest BCUT2D eigenvalue weighted by atomic mass is 10.1. The zero-order valence-corrected chi connectivity index (χ0v) is 14.7. The Kier molecular flexibility index (Phi) is 6.10. The Bertz CT molecular complexity index is 817. The van der Waals surface area contributed by atoms with Gasteiger partial charge in [-0.05, 0) is 48.0 Å². The summed E-state index contributed by atoms with van der Waals surface area (Å²) in [5.74, 6) is -0.220. The molecular weight excluding hydrogens is 371 g/mol. The highest BCUT2D eigenvalue weighted by Crippen LogP contribution is 2.34. The van der Waals surface area contributed by atoms with E-state index in [1.165, 1.54) is 13.2 Å². The molecule has 2 aromatic carbocycles. The number of nitrogens with zero attached hydrogens (tertiary/aromatic N) is 1. The summed E-state index contributed by atoms with van der Waals surface area (Å²) in [6, 6.07) is 11.5. The summed E-state index contributed by atoms with van der Waals surface area (Å²) in [5, 5.41) is 13.0. The summed E-state index contributed by atoms with van der Waals surface area (Å²) < 4.78 is 5.06. The maximum Gasteiger partial charge on any atom is 0.266 e. The van der Waals surface area contributed by atoms with Crippen LogP contribution in [0.25, 0.3) is 6.08 Å². The van der Waals surface area contributed by atoms with E-state index in [-0.39, 0.29) is 15.6 Å². The molecule has 2 rings (SSSR count). The zero-order chi connectivity index (χ0) is 17.7. The van der Waals surface area contributed by atoms with Gasteiger partial charge in [0.05, 0.1) is 17.2 Å². The van der Waals surface area contributed by atoms with Gasteiger partial charge >= 0.3 is 0 Å². The smallest absolute Gasteiger partial charge is 0.266 e. The number of hydrogen-bond donors (Lipinski definition) is 1. The molecule has 7 heteroatoms. The van der Waals surface area contributed by atoms with E-state index >= 15 is 0 Å². The predicted octanol–water partition coefficient (Wildman–Crippen LogP) is 5.20. The lowest BCUT2D eigenvalue weighted by molar-refractivity contribution is -0.112. The predicted molar refractivity (Wildman–Crippen MR) is 96.7 cm³/mol.